The Bertz CT molecular complexity index is 685. The summed E-state index contributed by atoms with van der Waals surface area (Å²) in [5, 5.41) is 20.1. The number of anilines is 1. The zero-order chi connectivity index (χ0) is 21.1. The number of ether oxygens (including phenoxy) is 1. The van der Waals surface area contributed by atoms with E-state index in [-0.39, 0.29) is 5.91 Å². The van der Waals surface area contributed by atoms with Crippen molar-refractivity contribution in [1.82, 2.24) is 10.6 Å². The molecule has 162 valence electrons. The van der Waals surface area contributed by atoms with Gasteiger partial charge in [-0.1, -0.05) is 26.7 Å². The molecule has 1 aliphatic heterocycles. The number of aliphatic hydroxyl groups is 1. The van der Waals surface area contributed by atoms with Crippen LogP contribution in [-0.4, -0.2) is 48.8 Å². The van der Waals surface area contributed by atoms with E-state index in [2.05, 4.69) is 34.8 Å². The van der Waals surface area contributed by atoms with Gasteiger partial charge in [-0.2, -0.15) is 0 Å². The van der Waals surface area contributed by atoms with Crippen LogP contribution in [0.1, 0.15) is 58.4 Å². The summed E-state index contributed by atoms with van der Waals surface area (Å²) >= 11 is 0. The maximum absolute atomic E-state index is 11.4. The number of aliphatic imine (C=N–C) groups is 1. The van der Waals surface area contributed by atoms with Gasteiger partial charge in [0.1, 0.15) is 12.4 Å². The van der Waals surface area contributed by atoms with E-state index in [1.807, 2.05) is 25.1 Å². The second-order valence-electron chi connectivity index (χ2n) is 7.56. The van der Waals surface area contributed by atoms with Crippen LogP contribution in [0.15, 0.2) is 23.2 Å². The van der Waals surface area contributed by atoms with E-state index < -0.39 is 5.60 Å². The molecule has 2 rings (SSSR count). The molecule has 7 heteroatoms. The molecule has 1 aliphatic rings. The number of carbonyl (C=O) groups is 1. The number of amides is 1. The van der Waals surface area contributed by atoms with E-state index in [1.165, 1.54) is 0 Å². The molecule has 0 radical (unpaired) electrons. The van der Waals surface area contributed by atoms with Gasteiger partial charge in [-0.25, -0.2) is 0 Å². The van der Waals surface area contributed by atoms with Gasteiger partial charge < -0.3 is 25.8 Å². The lowest BCUT2D eigenvalue weighted by Gasteiger charge is -2.26. The van der Waals surface area contributed by atoms with Crippen molar-refractivity contribution in [3.05, 3.63) is 23.8 Å². The standard InChI is InChI=1S/C22H36N4O3/c1-4-11-22(28,12-5-2)16-25-21(23-6-3)24-13-14-29-18-8-9-19-17(15-18)7-10-20(27)26-19/h8-9,15,28H,4-7,10-14,16H2,1-3H3,(H,26,27)(H2,23,24,25). The predicted octanol–water partition coefficient (Wildman–Crippen LogP) is 2.84. The first-order valence-corrected chi connectivity index (χ1v) is 10.8. The number of guanidine groups is 1. The molecule has 0 fully saturated rings. The zero-order valence-electron chi connectivity index (χ0n) is 18.0. The number of fused-ring (bicyclic) bond motifs is 1. The molecule has 0 saturated heterocycles. The molecular formula is C22H36N4O3. The highest BCUT2D eigenvalue weighted by Crippen LogP contribution is 2.26. The maximum Gasteiger partial charge on any atom is 0.224 e. The minimum absolute atomic E-state index is 0.0652. The van der Waals surface area contributed by atoms with Crippen LogP contribution in [0.5, 0.6) is 5.75 Å². The molecule has 1 aromatic carbocycles. The smallest absolute Gasteiger partial charge is 0.224 e. The van der Waals surface area contributed by atoms with Gasteiger partial charge in [-0.15, -0.1) is 0 Å². The first-order valence-electron chi connectivity index (χ1n) is 10.8. The molecular weight excluding hydrogens is 368 g/mol. The van der Waals surface area contributed by atoms with E-state index >= 15 is 0 Å². The van der Waals surface area contributed by atoms with Gasteiger partial charge in [0, 0.05) is 18.7 Å². The van der Waals surface area contributed by atoms with E-state index in [0.717, 1.165) is 55.6 Å². The molecule has 0 unspecified atom stereocenters. The Labute approximate surface area is 174 Å². The minimum atomic E-state index is -0.735. The number of benzene rings is 1. The highest BCUT2D eigenvalue weighted by atomic mass is 16.5. The molecule has 0 aliphatic carbocycles. The summed E-state index contributed by atoms with van der Waals surface area (Å²) in [6, 6.07) is 5.76. The lowest BCUT2D eigenvalue weighted by atomic mass is 9.93. The number of aryl methyl sites for hydroxylation is 1. The summed E-state index contributed by atoms with van der Waals surface area (Å²) in [4.78, 5) is 16.0. The quantitative estimate of drug-likeness (QED) is 0.258. The molecule has 0 saturated carbocycles. The van der Waals surface area contributed by atoms with Crippen LogP contribution in [0.4, 0.5) is 5.69 Å². The number of carbonyl (C=O) groups excluding carboxylic acids is 1. The van der Waals surface area contributed by atoms with Crippen LogP contribution in [0, 0.1) is 0 Å². The molecule has 4 N–H and O–H groups in total. The Balaban J connectivity index is 1.83. The van der Waals surface area contributed by atoms with Crippen LogP contribution >= 0.6 is 0 Å². The van der Waals surface area contributed by atoms with E-state index in [0.29, 0.717) is 32.1 Å². The number of rotatable bonds is 11. The average molecular weight is 405 g/mol. The molecule has 1 amide bonds. The van der Waals surface area contributed by atoms with Gasteiger partial charge in [-0.3, -0.25) is 9.79 Å². The maximum atomic E-state index is 11.4. The van der Waals surface area contributed by atoms with Crippen LogP contribution in [-0.2, 0) is 11.2 Å². The van der Waals surface area contributed by atoms with Gasteiger partial charge in [0.2, 0.25) is 5.91 Å². The van der Waals surface area contributed by atoms with Crippen LogP contribution < -0.4 is 20.7 Å². The fraction of sp³-hybridized carbons (Fsp3) is 0.636. The summed E-state index contributed by atoms with van der Waals surface area (Å²) in [6.45, 7) is 8.41. The first kappa shape index (κ1) is 23.0. The minimum Gasteiger partial charge on any atom is -0.492 e. The number of hydrogen-bond donors (Lipinski definition) is 4. The summed E-state index contributed by atoms with van der Waals surface area (Å²) in [5.41, 5.74) is 1.25. The summed E-state index contributed by atoms with van der Waals surface area (Å²) < 4.78 is 5.84. The van der Waals surface area contributed by atoms with Crippen molar-refractivity contribution in [2.24, 2.45) is 4.99 Å². The van der Waals surface area contributed by atoms with Gasteiger partial charge in [0.15, 0.2) is 5.96 Å². The third kappa shape index (κ3) is 7.57. The van der Waals surface area contributed by atoms with Crippen molar-refractivity contribution < 1.29 is 14.6 Å². The SMILES string of the molecule is CCCC(O)(CCC)CN=C(NCC)NCCOc1ccc2c(c1)CCC(=O)N2. The topological polar surface area (TPSA) is 95.0 Å². The van der Waals surface area contributed by atoms with E-state index in [9.17, 15) is 9.90 Å². The van der Waals surface area contributed by atoms with Crippen LogP contribution in [0.2, 0.25) is 0 Å². The van der Waals surface area contributed by atoms with Crippen LogP contribution in [0.3, 0.4) is 0 Å². The average Bonchev–Trinajstić information content (AvgIpc) is 2.69. The molecule has 1 aromatic rings. The fourth-order valence-electron chi connectivity index (χ4n) is 3.57. The van der Waals surface area contributed by atoms with Crippen molar-refractivity contribution in [3.63, 3.8) is 0 Å². The number of nitrogens with one attached hydrogen (secondary N) is 3. The van der Waals surface area contributed by atoms with Crippen molar-refractivity contribution in [3.8, 4) is 5.75 Å². The van der Waals surface area contributed by atoms with Crippen LogP contribution in [0.25, 0.3) is 0 Å². The van der Waals surface area contributed by atoms with Crippen molar-refractivity contribution in [2.45, 2.75) is 64.9 Å². The Kier molecular flexibility index (Phi) is 9.25. The third-order valence-corrected chi connectivity index (χ3v) is 4.94. The second kappa shape index (κ2) is 11.7. The molecule has 0 aromatic heterocycles. The molecule has 0 bridgehead atoms. The normalized spacial score (nSPS) is 14.2. The number of nitrogens with zero attached hydrogens (tertiary/aromatic N) is 1. The van der Waals surface area contributed by atoms with Crippen molar-refractivity contribution >= 4 is 17.6 Å². The molecule has 1 heterocycles. The summed E-state index contributed by atoms with van der Waals surface area (Å²) in [6.07, 6.45) is 4.65. The number of hydrogen-bond acceptors (Lipinski definition) is 4. The van der Waals surface area contributed by atoms with Gasteiger partial charge in [0.25, 0.3) is 0 Å². The first-order chi connectivity index (χ1) is 14.0. The highest BCUT2D eigenvalue weighted by molar-refractivity contribution is 5.94. The summed E-state index contributed by atoms with van der Waals surface area (Å²) in [5.74, 6) is 1.55. The molecule has 0 atom stereocenters. The van der Waals surface area contributed by atoms with E-state index in [1.54, 1.807) is 0 Å². The molecule has 0 spiro atoms. The Morgan fingerprint density at radius 3 is 2.66 bits per heavy atom. The van der Waals surface area contributed by atoms with Gasteiger partial charge in [0.05, 0.1) is 18.7 Å². The Morgan fingerprint density at radius 1 is 1.21 bits per heavy atom. The van der Waals surface area contributed by atoms with Gasteiger partial charge >= 0.3 is 0 Å². The second-order valence-corrected chi connectivity index (χ2v) is 7.56. The highest BCUT2D eigenvalue weighted by Gasteiger charge is 2.24. The fourth-order valence-corrected chi connectivity index (χ4v) is 3.57. The molecule has 29 heavy (non-hydrogen) atoms. The summed E-state index contributed by atoms with van der Waals surface area (Å²) in [7, 11) is 0. The Hall–Kier alpha value is -2.28. The van der Waals surface area contributed by atoms with Gasteiger partial charge in [-0.05, 0) is 49.9 Å². The molecule has 7 nitrogen and oxygen atoms in total. The monoisotopic (exact) mass is 404 g/mol. The lowest BCUT2D eigenvalue weighted by molar-refractivity contribution is -0.116. The van der Waals surface area contributed by atoms with Crippen molar-refractivity contribution in [1.29, 1.82) is 0 Å². The van der Waals surface area contributed by atoms with E-state index in [4.69, 9.17) is 4.74 Å². The zero-order valence-corrected chi connectivity index (χ0v) is 18.0. The van der Waals surface area contributed by atoms with Crippen molar-refractivity contribution in [2.75, 3.05) is 31.6 Å². The largest absolute Gasteiger partial charge is 0.492 e. The third-order valence-electron chi connectivity index (χ3n) is 4.94. The lowest BCUT2D eigenvalue weighted by Crippen LogP contribution is -2.41. The predicted molar refractivity (Wildman–Crippen MR) is 118 cm³/mol. The Morgan fingerprint density at radius 2 is 1.97 bits per heavy atom.